The van der Waals surface area contributed by atoms with Gasteiger partial charge in [0.15, 0.2) is 0 Å². The molecule has 1 heterocycles. The molecule has 0 unspecified atom stereocenters. The van der Waals surface area contributed by atoms with Gasteiger partial charge >= 0.3 is 0 Å². The highest BCUT2D eigenvalue weighted by Crippen LogP contribution is 2.35. The van der Waals surface area contributed by atoms with Crippen molar-refractivity contribution in [3.05, 3.63) is 64.2 Å². The standard InChI is InChI=1S/C21H20ClF2N3O2S/c22-20-10-17(3-1-14(20)11-25)27(12-15-9-16(23)2-6-21(15)24)18-7-8-26(13-18)30(28,29)19-4-5-19/h1-3,6,9-10,18-19H,4-5,7-8,12-13H2/t18-/m0/s1. The van der Waals surface area contributed by atoms with Crippen molar-refractivity contribution in [2.45, 2.75) is 37.1 Å². The van der Waals surface area contributed by atoms with Crippen LogP contribution >= 0.6 is 11.6 Å². The molecule has 2 aliphatic rings. The molecule has 5 nitrogen and oxygen atoms in total. The molecule has 2 aromatic carbocycles. The lowest BCUT2D eigenvalue weighted by Crippen LogP contribution is -2.39. The summed E-state index contributed by atoms with van der Waals surface area (Å²) in [5.41, 5.74) is 1.10. The molecule has 0 aromatic heterocycles. The summed E-state index contributed by atoms with van der Waals surface area (Å²) in [6.07, 6.45) is 1.93. The molecule has 2 aromatic rings. The lowest BCUT2D eigenvalue weighted by atomic mass is 10.1. The topological polar surface area (TPSA) is 64.4 Å². The van der Waals surface area contributed by atoms with Crippen LogP contribution in [-0.4, -0.2) is 37.1 Å². The minimum atomic E-state index is -3.32. The van der Waals surface area contributed by atoms with Crippen molar-refractivity contribution < 1.29 is 17.2 Å². The van der Waals surface area contributed by atoms with Gasteiger partial charge in [-0.2, -0.15) is 9.57 Å². The second-order valence-corrected chi connectivity index (χ2v) is 10.3. The van der Waals surface area contributed by atoms with E-state index in [0.717, 1.165) is 18.2 Å². The van der Waals surface area contributed by atoms with Crippen LogP contribution < -0.4 is 4.90 Å². The molecule has 1 atom stereocenters. The zero-order valence-corrected chi connectivity index (χ0v) is 17.6. The third kappa shape index (κ3) is 4.15. The highest BCUT2D eigenvalue weighted by atomic mass is 35.5. The summed E-state index contributed by atoms with van der Waals surface area (Å²) >= 11 is 6.20. The zero-order chi connectivity index (χ0) is 21.5. The van der Waals surface area contributed by atoms with Gasteiger partial charge in [0.25, 0.3) is 0 Å². The summed E-state index contributed by atoms with van der Waals surface area (Å²) in [5, 5.41) is 9.08. The second kappa shape index (κ2) is 8.14. The minimum Gasteiger partial charge on any atom is -0.363 e. The van der Waals surface area contributed by atoms with E-state index in [1.807, 2.05) is 11.0 Å². The average Bonchev–Trinajstić information content (AvgIpc) is 3.46. The first-order valence-corrected chi connectivity index (χ1v) is 11.6. The van der Waals surface area contributed by atoms with E-state index in [-0.39, 0.29) is 35.0 Å². The number of hydrogen-bond acceptors (Lipinski definition) is 4. The fraction of sp³-hybridized carbons (Fsp3) is 0.381. The Labute approximate surface area is 179 Å². The maximum atomic E-state index is 14.3. The van der Waals surface area contributed by atoms with Crippen LogP contribution in [0.25, 0.3) is 0 Å². The fourth-order valence-corrected chi connectivity index (χ4v) is 5.94. The van der Waals surface area contributed by atoms with E-state index in [9.17, 15) is 17.2 Å². The maximum absolute atomic E-state index is 14.3. The molecule has 1 aliphatic heterocycles. The molecule has 9 heteroatoms. The zero-order valence-electron chi connectivity index (χ0n) is 16.1. The van der Waals surface area contributed by atoms with E-state index in [2.05, 4.69) is 0 Å². The molecule has 1 aliphatic carbocycles. The van der Waals surface area contributed by atoms with Gasteiger partial charge in [-0.15, -0.1) is 0 Å². The summed E-state index contributed by atoms with van der Waals surface area (Å²) in [4.78, 5) is 1.84. The number of rotatable bonds is 6. The number of nitrogens with zero attached hydrogens (tertiary/aromatic N) is 3. The summed E-state index contributed by atoms with van der Waals surface area (Å²) in [7, 11) is -3.32. The Hall–Kier alpha value is -2.21. The minimum absolute atomic E-state index is 0.0494. The van der Waals surface area contributed by atoms with Gasteiger partial charge in [0.2, 0.25) is 10.0 Å². The van der Waals surface area contributed by atoms with Crippen LogP contribution in [0.4, 0.5) is 14.5 Å². The SMILES string of the molecule is N#Cc1ccc(N(Cc2cc(F)ccc2F)[C@H]2CCN(S(=O)(=O)C3CC3)C2)cc1Cl. The van der Waals surface area contributed by atoms with Gasteiger partial charge in [-0.1, -0.05) is 11.6 Å². The Bertz CT molecular complexity index is 1120. The van der Waals surface area contributed by atoms with Crippen molar-refractivity contribution in [1.29, 1.82) is 5.26 Å². The van der Waals surface area contributed by atoms with Crippen molar-refractivity contribution >= 4 is 27.3 Å². The second-order valence-electron chi connectivity index (χ2n) is 7.68. The van der Waals surface area contributed by atoms with Crippen molar-refractivity contribution in [2.24, 2.45) is 0 Å². The smallest absolute Gasteiger partial charge is 0.217 e. The van der Waals surface area contributed by atoms with Crippen molar-refractivity contribution in [3.63, 3.8) is 0 Å². The van der Waals surface area contributed by atoms with Gasteiger partial charge < -0.3 is 4.90 Å². The number of anilines is 1. The molecule has 0 amide bonds. The first-order chi connectivity index (χ1) is 14.3. The normalized spacial score (nSPS) is 19.6. The van der Waals surface area contributed by atoms with Crippen LogP contribution in [-0.2, 0) is 16.6 Å². The van der Waals surface area contributed by atoms with Gasteiger partial charge in [-0.3, -0.25) is 0 Å². The fourth-order valence-electron chi connectivity index (χ4n) is 3.83. The molecule has 4 rings (SSSR count). The Morgan fingerprint density at radius 3 is 2.60 bits per heavy atom. The summed E-state index contributed by atoms with van der Waals surface area (Å²) in [5.74, 6) is -1.09. The molecular weight excluding hydrogens is 432 g/mol. The number of hydrogen-bond donors (Lipinski definition) is 0. The van der Waals surface area contributed by atoms with Gasteiger partial charge in [0.05, 0.1) is 15.8 Å². The first kappa shape index (κ1) is 21.0. The molecule has 0 radical (unpaired) electrons. The van der Waals surface area contributed by atoms with Crippen molar-refractivity contribution in [3.8, 4) is 6.07 Å². The van der Waals surface area contributed by atoms with E-state index >= 15 is 0 Å². The first-order valence-electron chi connectivity index (χ1n) is 9.69. The van der Waals surface area contributed by atoms with Gasteiger partial charge in [0, 0.05) is 36.9 Å². The largest absolute Gasteiger partial charge is 0.363 e. The molecule has 0 bridgehead atoms. The lowest BCUT2D eigenvalue weighted by Gasteiger charge is -2.32. The van der Waals surface area contributed by atoms with Gasteiger partial charge in [-0.05, 0) is 55.7 Å². The molecular formula is C21H20ClF2N3O2S. The predicted octanol–water partition coefficient (Wildman–Crippen LogP) is 4.06. The third-order valence-electron chi connectivity index (χ3n) is 5.63. The van der Waals surface area contributed by atoms with Gasteiger partial charge in [-0.25, -0.2) is 17.2 Å². The maximum Gasteiger partial charge on any atom is 0.217 e. The van der Waals surface area contributed by atoms with Crippen LogP contribution in [0.2, 0.25) is 5.02 Å². The van der Waals surface area contributed by atoms with Crippen LogP contribution in [0.15, 0.2) is 36.4 Å². The third-order valence-corrected chi connectivity index (χ3v) is 8.30. The Balaban J connectivity index is 1.66. The van der Waals surface area contributed by atoms with Crippen molar-refractivity contribution in [2.75, 3.05) is 18.0 Å². The summed E-state index contributed by atoms with van der Waals surface area (Å²) < 4.78 is 54.8. The van der Waals surface area contributed by atoms with E-state index in [1.165, 1.54) is 4.31 Å². The molecule has 2 fully saturated rings. The highest BCUT2D eigenvalue weighted by Gasteiger charge is 2.43. The average molecular weight is 452 g/mol. The predicted molar refractivity (Wildman–Crippen MR) is 111 cm³/mol. The van der Waals surface area contributed by atoms with Crippen LogP contribution in [0, 0.1) is 23.0 Å². The Morgan fingerprint density at radius 2 is 1.93 bits per heavy atom. The van der Waals surface area contributed by atoms with E-state index in [0.29, 0.717) is 37.1 Å². The van der Waals surface area contributed by atoms with Gasteiger partial charge in [0.1, 0.15) is 17.7 Å². The monoisotopic (exact) mass is 451 g/mol. The number of benzene rings is 2. The molecule has 0 N–H and O–H groups in total. The quantitative estimate of drug-likeness (QED) is 0.664. The highest BCUT2D eigenvalue weighted by molar-refractivity contribution is 7.90. The molecule has 1 saturated carbocycles. The van der Waals surface area contributed by atoms with Crippen LogP contribution in [0.1, 0.15) is 30.4 Å². The summed E-state index contributed by atoms with van der Waals surface area (Å²) in [6.45, 7) is 0.705. The Kier molecular flexibility index (Phi) is 5.71. The summed E-state index contributed by atoms with van der Waals surface area (Å²) in [6, 6.07) is 9.91. The molecule has 0 spiro atoms. The molecule has 158 valence electrons. The van der Waals surface area contributed by atoms with Crippen LogP contribution in [0.5, 0.6) is 0 Å². The Morgan fingerprint density at radius 1 is 1.17 bits per heavy atom. The van der Waals surface area contributed by atoms with E-state index < -0.39 is 21.7 Å². The van der Waals surface area contributed by atoms with E-state index in [1.54, 1.807) is 18.2 Å². The molecule has 30 heavy (non-hydrogen) atoms. The van der Waals surface area contributed by atoms with Crippen molar-refractivity contribution in [1.82, 2.24) is 4.31 Å². The molecule has 1 saturated heterocycles. The number of sulfonamides is 1. The number of nitriles is 1. The van der Waals surface area contributed by atoms with Crippen LogP contribution in [0.3, 0.4) is 0 Å². The van der Waals surface area contributed by atoms with E-state index in [4.69, 9.17) is 16.9 Å². The number of halogens is 3. The lowest BCUT2D eigenvalue weighted by molar-refractivity contribution is 0.466.